The molecule has 0 aliphatic carbocycles. The molecule has 17 heavy (non-hydrogen) atoms. The fourth-order valence-electron chi connectivity index (χ4n) is 2.29. The van der Waals surface area contributed by atoms with Crippen molar-refractivity contribution in [1.29, 1.82) is 0 Å². The number of nitrogens with zero attached hydrogens (tertiary/aromatic N) is 2. The number of likely N-dealkylation sites (tertiary alicyclic amines) is 1. The van der Waals surface area contributed by atoms with Crippen molar-refractivity contribution < 1.29 is 0 Å². The van der Waals surface area contributed by atoms with Gasteiger partial charge in [0.2, 0.25) is 0 Å². The topological polar surface area (TPSA) is 84.1 Å². The van der Waals surface area contributed by atoms with Crippen LogP contribution in [0, 0.1) is 5.92 Å². The van der Waals surface area contributed by atoms with Crippen molar-refractivity contribution in [3.05, 3.63) is 32.6 Å². The lowest BCUT2D eigenvalue weighted by molar-refractivity contribution is 0.374. The molecule has 0 amide bonds. The van der Waals surface area contributed by atoms with Crippen LogP contribution in [0.15, 0.2) is 15.8 Å². The lowest BCUT2D eigenvalue weighted by Crippen LogP contribution is -2.34. The van der Waals surface area contributed by atoms with Crippen molar-refractivity contribution >= 4 is 0 Å². The van der Waals surface area contributed by atoms with Crippen molar-refractivity contribution in [3.63, 3.8) is 0 Å². The number of rotatable bonds is 3. The molecule has 3 N–H and O–H groups in total. The molecule has 1 aromatic heterocycles. The minimum absolute atomic E-state index is 0.153. The monoisotopic (exact) mass is 238 g/mol. The molecule has 2 rings (SSSR count). The Balaban J connectivity index is 2.21. The van der Waals surface area contributed by atoms with Crippen LogP contribution < -0.4 is 17.0 Å². The lowest BCUT2D eigenvalue weighted by Gasteiger charge is -2.12. The van der Waals surface area contributed by atoms with Crippen molar-refractivity contribution in [2.45, 2.75) is 19.5 Å². The maximum Gasteiger partial charge on any atom is 0.328 e. The molecule has 0 saturated carbocycles. The van der Waals surface area contributed by atoms with E-state index in [0.717, 1.165) is 19.5 Å². The van der Waals surface area contributed by atoms with Crippen LogP contribution in [0.3, 0.4) is 0 Å². The summed E-state index contributed by atoms with van der Waals surface area (Å²) in [6, 6.07) is 0. The minimum Gasteiger partial charge on any atom is -0.326 e. The molecule has 0 radical (unpaired) electrons. The summed E-state index contributed by atoms with van der Waals surface area (Å²) in [6.07, 6.45) is 2.67. The molecule has 1 aliphatic rings. The van der Waals surface area contributed by atoms with Crippen LogP contribution in [-0.4, -0.2) is 34.6 Å². The van der Waals surface area contributed by atoms with E-state index in [2.05, 4.69) is 16.9 Å². The van der Waals surface area contributed by atoms with E-state index in [1.165, 1.54) is 0 Å². The predicted molar refractivity (Wildman–Crippen MR) is 64.8 cm³/mol. The quantitative estimate of drug-likeness (QED) is 0.703. The number of aromatic amines is 1. The Morgan fingerprint density at radius 2 is 2.29 bits per heavy atom. The number of aromatic nitrogens is 2. The molecule has 0 aromatic carbocycles. The highest BCUT2D eigenvalue weighted by Gasteiger charge is 2.20. The Kier molecular flexibility index (Phi) is 3.44. The molecule has 1 atom stereocenters. The lowest BCUT2D eigenvalue weighted by atomic mass is 10.1. The molecule has 0 spiro atoms. The maximum absolute atomic E-state index is 11.6. The number of nitrogens with two attached hydrogens (primary N) is 1. The molecule has 2 heterocycles. The van der Waals surface area contributed by atoms with E-state index < -0.39 is 0 Å². The molecular formula is C11H18N4O2. The maximum atomic E-state index is 11.6. The highest BCUT2D eigenvalue weighted by molar-refractivity contribution is 5.03. The van der Waals surface area contributed by atoms with Gasteiger partial charge in [-0.1, -0.05) is 0 Å². The molecule has 6 nitrogen and oxygen atoms in total. The van der Waals surface area contributed by atoms with Crippen molar-refractivity contribution in [2.24, 2.45) is 11.7 Å². The molecule has 6 heteroatoms. The first-order chi connectivity index (χ1) is 8.10. The Hall–Kier alpha value is -1.40. The van der Waals surface area contributed by atoms with Gasteiger partial charge in [0.15, 0.2) is 0 Å². The molecule has 1 fully saturated rings. The van der Waals surface area contributed by atoms with Crippen molar-refractivity contribution in [3.8, 4) is 0 Å². The van der Waals surface area contributed by atoms with Gasteiger partial charge >= 0.3 is 5.69 Å². The third-order valence-corrected chi connectivity index (χ3v) is 3.25. The largest absolute Gasteiger partial charge is 0.328 e. The molecule has 1 unspecified atom stereocenters. The summed E-state index contributed by atoms with van der Waals surface area (Å²) in [7, 11) is 2.07. The fourth-order valence-corrected chi connectivity index (χ4v) is 2.29. The first-order valence-corrected chi connectivity index (χ1v) is 5.81. The third kappa shape index (κ3) is 2.65. The summed E-state index contributed by atoms with van der Waals surface area (Å²) in [5, 5.41) is 0. The van der Waals surface area contributed by atoms with Crippen LogP contribution in [-0.2, 0) is 13.1 Å². The second-order valence-corrected chi connectivity index (χ2v) is 4.69. The summed E-state index contributed by atoms with van der Waals surface area (Å²) < 4.78 is 1.56. The SMILES string of the molecule is CN1CCC(Cn2cc(CN)c(=O)[nH]c2=O)C1. The summed E-state index contributed by atoms with van der Waals surface area (Å²) in [6.45, 7) is 2.85. The Morgan fingerprint density at radius 3 is 2.88 bits per heavy atom. The van der Waals surface area contributed by atoms with Crippen molar-refractivity contribution in [2.75, 3.05) is 20.1 Å². The van der Waals surface area contributed by atoms with E-state index >= 15 is 0 Å². The van der Waals surface area contributed by atoms with Gasteiger partial charge in [-0.05, 0) is 25.9 Å². The summed E-state index contributed by atoms with van der Waals surface area (Å²) >= 11 is 0. The van der Waals surface area contributed by atoms with E-state index in [4.69, 9.17) is 5.73 Å². The van der Waals surface area contributed by atoms with Gasteiger partial charge in [-0.2, -0.15) is 0 Å². The van der Waals surface area contributed by atoms with Crippen molar-refractivity contribution in [1.82, 2.24) is 14.5 Å². The van der Waals surface area contributed by atoms with Gasteiger partial charge in [0.05, 0.1) is 0 Å². The highest BCUT2D eigenvalue weighted by Crippen LogP contribution is 2.15. The Bertz CT molecular complexity index is 505. The number of nitrogens with one attached hydrogen (secondary N) is 1. The molecule has 94 valence electrons. The minimum atomic E-state index is -0.378. The van der Waals surface area contributed by atoms with Crippen LogP contribution in [0.1, 0.15) is 12.0 Å². The third-order valence-electron chi connectivity index (χ3n) is 3.25. The van der Waals surface area contributed by atoms with Crippen LogP contribution in [0.5, 0.6) is 0 Å². The molecule has 1 aromatic rings. The first-order valence-electron chi connectivity index (χ1n) is 5.81. The van der Waals surface area contributed by atoms with Crippen LogP contribution in [0.4, 0.5) is 0 Å². The van der Waals surface area contributed by atoms with Gasteiger partial charge in [-0.25, -0.2) is 4.79 Å². The summed E-state index contributed by atoms with van der Waals surface area (Å²) in [4.78, 5) is 27.5. The standard InChI is InChI=1S/C11H18N4O2/c1-14-3-2-8(5-14)6-15-7-9(4-12)10(16)13-11(15)17/h7-8H,2-6,12H2,1H3,(H,13,16,17). The Morgan fingerprint density at radius 1 is 1.53 bits per heavy atom. The van der Waals surface area contributed by atoms with E-state index in [1.807, 2.05) is 0 Å². The first kappa shape index (κ1) is 12.1. The highest BCUT2D eigenvalue weighted by atomic mass is 16.2. The second kappa shape index (κ2) is 4.85. The number of H-pyrrole nitrogens is 1. The zero-order valence-electron chi connectivity index (χ0n) is 9.98. The zero-order chi connectivity index (χ0) is 12.4. The zero-order valence-corrected chi connectivity index (χ0v) is 9.98. The average Bonchev–Trinajstić information content (AvgIpc) is 2.68. The van der Waals surface area contributed by atoms with E-state index in [0.29, 0.717) is 18.0 Å². The molecule has 1 aliphatic heterocycles. The van der Waals surface area contributed by atoms with Gasteiger partial charge in [0.25, 0.3) is 5.56 Å². The predicted octanol–water partition coefficient (Wildman–Crippen LogP) is -1.05. The van der Waals surface area contributed by atoms with E-state index in [9.17, 15) is 9.59 Å². The fraction of sp³-hybridized carbons (Fsp3) is 0.636. The number of hydrogen-bond acceptors (Lipinski definition) is 4. The second-order valence-electron chi connectivity index (χ2n) is 4.69. The van der Waals surface area contributed by atoms with Gasteiger partial charge in [-0.3, -0.25) is 14.3 Å². The molecule has 0 bridgehead atoms. The molecular weight excluding hydrogens is 220 g/mol. The smallest absolute Gasteiger partial charge is 0.326 e. The van der Waals surface area contributed by atoms with Crippen LogP contribution in [0.2, 0.25) is 0 Å². The summed E-state index contributed by atoms with van der Waals surface area (Å²) in [5.74, 6) is 0.467. The van der Waals surface area contributed by atoms with E-state index in [1.54, 1.807) is 10.8 Å². The molecule has 1 saturated heterocycles. The van der Waals surface area contributed by atoms with Gasteiger partial charge in [-0.15, -0.1) is 0 Å². The summed E-state index contributed by atoms with van der Waals surface area (Å²) in [5.41, 5.74) is 5.19. The number of hydrogen-bond donors (Lipinski definition) is 2. The van der Waals surface area contributed by atoms with Crippen LogP contribution >= 0.6 is 0 Å². The van der Waals surface area contributed by atoms with E-state index in [-0.39, 0.29) is 17.8 Å². The Labute approximate surface area is 99.1 Å². The van der Waals surface area contributed by atoms with Crippen LogP contribution in [0.25, 0.3) is 0 Å². The average molecular weight is 238 g/mol. The van der Waals surface area contributed by atoms with Gasteiger partial charge in [0, 0.05) is 31.4 Å². The normalized spacial score (nSPS) is 20.9. The van der Waals surface area contributed by atoms with Gasteiger partial charge < -0.3 is 10.6 Å². The van der Waals surface area contributed by atoms with Gasteiger partial charge in [0.1, 0.15) is 0 Å².